The van der Waals surface area contributed by atoms with Crippen LogP contribution in [0.1, 0.15) is 37.4 Å². The maximum Gasteiger partial charge on any atom is 0.191 e. The second-order valence-electron chi connectivity index (χ2n) is 6.59. The van der Waals surface area contributed by atoms with Gasteiger partial charge in [0.25, 0.3) is 0 Å². The van der Waals surface area contributed by atoms with Gasteiger partial charge >= 0.3 is 0 Å². The summed E-state index contributed by atoms with van der Waals surface area (Å²) < 4.78 is 30.7. The van der Waals surface area contributed by atoms with Gasteiger partial charge in [-0.05, 0) is 38.8 Å². The van der Waals surface area contributed by atoms with Gasteiger partial charge in [-0.25, -0.2) is 8.42 Å². The van der Waals surface area contributed by atoms with Crippen LogP contribution in [0.15, 0.2) is 5.16 Å². The molecule has 1 aromatic rings. The largest absolute Gasteiger partial charge is 0.376 e. The predicted octanol–water partition coefficient (Wildman–Crippen LogP) is 1.06. The number of hydrogen-bond acceptors (Lipinski definition) is 7. The molecule has 1 N–H and O–H groups in total. The first-order chi connectivity index (χ1) is 11.5. The van der Waals surface area contributed by atoms with Crippen molar-refractivity contribution < 1.29 is 13.2 Å². The Kier molecular flexibility index (Phi) is 6.17. The van der Waals surface area contributed by atoms with Gasteiger partial charge in [0.2, 0.25) is 0 Å². The molecule has 0 spiro atoms. The molecule has 0 amide bonds. The van der Waals surface area contributed by atoms with Crippen molar-refractivity contribution in [2.24, 2.45) is 0 Å². The molecule has 0 aliphatic carbocycles. The van der Waals surface area contributed by atoms with E-state index in [1.165, 1.54) is 18.0 Å². The SMILES string of the molecule is CS(=O)(=O)CCSc1nnc(C2CCNCC2)n1C[C@@H]1CCCO1. The highest BCUT2D eigenvalue weighted by atomic mass is 32.2. The molecule has 3 heterocycles. The van der Waals surface area contributed by atoms with Crippen LogP contribution in [0.25, 0.3) is 0 Å². The summed E-state index contributed by atoms with van der Waals surface area (Å²) in [4.78, 5) is 0. The molecule has 3 rings (SSSR count). The first kappa shape index (κ1) is 18.2. The second kappa shape index (κ2) is 8.16. The number of sulfone groups is 1. The average Bonchev–Trinajstić information content (AvgIpc) is 3.18. The summed E-state index contributed by atoms with van der Waals surface area (Å²) in [5.41, 5.74) is 0. The molecule has 0 bridgehead atoms. The monoisotopic (exact) mass is 374 g/mol. The third kappa shape index (κ3) is 4.93. The Hall–Kier alpha value is -0.640. The first-order valence-corrected chi connectivity index (χ1v) is 11.6. The van der Waals surface area contributed by atoms with Gasteiger partial charge in [-0.1, -0.05) is 11.8 Å². The van der Waals surface area contributed by atoms with E-state index in [9.17, 15) is 8.42 Å². The van der Waals surface area contributed by atoms with Gasteiger partial charge in [0, 0.05) is 24.5 Å². The molecule has 2 aliphatic rings. The molecule has 2 saturated heterocycles. The smallest absolute Gasteiger partial charge is 0.191 e. The molecule has 2 fully saturated rings. The number of hydrogen-bond donors (Lipinski definition) is 1. The summed E-state index contributed by atoms with van der Waals surface area (Å²) >= 11 is 1.48. The fourth-order valence-electron chi connectivity index (χ4n) is 3.24. The summed E-state index contributed by atoms with van der Waals surface area (Å²) in [6.45, 7) is 3.61. The number of rotatable bonds is 7. The summed E-state index contributed by atoms with van der Waals surface area (Å²) in [5.74, 6) is 2.13. The van der Waals surface area contributed by atoms with E-state index >= 15 is 0 Å². The van der Waals surface area contributed by atoms with Crippen molar-refractivity contribution in [2.75, 3.05) is 37.5 Å². The predicted molar refractivity (Wildman–Crippen MR) is 94.3 cm³/mol. The van der Waals surface area contributed by atoms with Gasteiger partial charge in [-0.15, -0.1) is 10.2 Å². The first-order valence-electron chi connectivity index (χ1n) is 8.59. The molecular formula is C15H26N4O3S2. The zero-order chi connectivity index (χ0) is 17.0. The Morgan fingerprint density at radius 1 is 1.29 bits per heavy atom. The molecule has 2 aliphatic heterocycles. The maximum absolute atomic E-state index is 11.4. The van der Waals surface area contributed by atoms with Crippen molar-refractivity contribution in [3.63, 3.8) is 0 Å². The van der Waals surface area contributed by atoms with Gasteiger partial charge in [0.1, 0.15) is 15.7 Å². The minimum absolute atomic E-state index is 0.160. The lowest BCUT2D eigenvalue weighted by molar-refractivity contribution is 0.0936. The minimum Gasteiger partial charge on any atom is -0.376 e. The lowest BCUT2D eigenvalue weighted by Gasteiger charge is -2.23. The molecule has 9 heteroatoms. The molecule has 1 aromatic heterocycles. The number of piperidine rings is 1. The molecule has 1 atom stereocenters. The van der Waals surface area contributed by atoms with Gasteiger partial charge < -0.3 is 14.6 Å². The van der Waals surface area contributed by atoms with Crippen LogP contribution < -0.4 is 5.32 Å². The minimum atomic E-state index is -2.95. The fourth-order valence-corrected chi connectivity index (χ4v) is 5.39. The van der Waals surface area contributed by atoms with Crippen molar-refractivity contribution in [1.29, 1.82) is 0 Å². The van der Waals surface area contributed by atoms with E-state index in [0.717, 1.165) is 62.9 Å². The number of nitrogens with one attached hydrogen (secondary N) is 1. The Balaban J connectivity index is 1.74. The maximum atomic E-state index is 11.4. The number of aromatic nitrogens is 3. The Morgan fingerprint density at radius 3 is 2.75 bits per heavy atom. The van der Waals surface area contributed by atoms with Crippen molar-refractivity contribution in [2.45, 2.75) is 49.4 Å². The highest BCUT2D eigenvalue weighted by Gasteiger charge is 2.26. The van der Waals surface area contributed by atoms with E-state index in [0.29, 0.717) is 11.7 Å². The third-order valence-corrected chi connectivity index (χ3v) is 6.72. The van der Waals surface area contributed by atoms with E-state index in [1.54, 1.807) is 0 Å². The summed E-state index contributed by atoms with van der Waals surface area (Å²) in [6.07, 6.45) is 5.79. The van der Waals surface area contributed by atoms with Crippen molar-refractivity contribution in [3.8, 4) is 0 Å². The summed E-state index contributed by atoms with van der Waals surface area (Å²) in [5, 5.41) is 13.0. The number of nitrogens with zero attached hydrogens (tertiary/aromatic N) is 3. The van der Waals surface area contributed by atoms with Gasteiger partial charge in [-0.2, -0.15) is 0 Å². The molecule has 0 radical (unpaired) electrons. The van der Waals surface area contributed by atoms with Crippen LogP contribution in [0.2, 0.25) is 0 Å². The highest BCUT2D eigenvalue weighted by Crippen LogP contribution is 2.29. The van der Waals surface area contributed by atoms with E-state index in [2.05, 4.69) is 20.1 Å². The lowest BCUT2D eigenvalue weighted by atomic mass is 9.97. The molecule has 7 nitrogen and oxygen atoms in total. The summed E-state index contributed by atoms with van der Waals surface area (Å²) in [7, 11) is -2.95. The van der Waals surface area contributed by atoms with Crippen molar-refractivity contribution in [3.05, 3.63) is 5.82 Å². The van der Waals surface area contributed by atoms with E-state index in [1.807, 2.05) is 0 Å². The Morgan fingerprint density at radius 2 is 2.08 bits per heavy atom. The highest BCUT2D eigenvalue weighted by molar-refractivity contribution is 8.00. The van der Waals surface area contributed by atoms with Crippen molar-refractivity contribution in [1.82, 2.24) is 20.1 Å². The zero-order valence-electron chi connectivity index (χ0n) is 14.1. The quantitative estimate of drug-likeness (QED) is 0.714. The van der Waals surface area contributed by atoms with E-state index in [4.69, 9.17) is 4.74 Å². The molecule has 136 valence electrons. The zero-order valence-corrected chi connectivity index (χ0v) is 15.7. The fraction of sp³-hybridized carbons (Fsp3) is 0.867. The van der Waals surface area contributed by atoms with Crippen molar-refractivity contribution >= 4 is 21.6 Å². The van der Waals surface area contributed by atoms with Crippen LogP contribution in [0.4, 0.5) is 0 Å². The topological polar surface area (TPSA) is 86.1 Å². The van der Waals surface area contributed by atoms with Crippen LogP contribution in [-0.4, -0.2) is 66.7 Å². The molecule has 0 saturated carbocycles. The van der Waals surface area contributed by atoms with Crippen LogP contribution in [0.5, 0.6) is 0 Å². The Labute approximate surface area is 147 Å². The third-order valence-electron chi connectivity index (χ3n) is 4.55. The van der Waals surface area contributed by atoms with Gasteiger partial charge in [-0.3, -0.25) is 0 Å². The number of ether oxygens (including phenoxy) is 1. The molecular weight excluding hydrogens is 348 g/mol. The van der Waals surface area contributed by atoms with E-state index < -0.39 is 9.84 Å². The lowest BCUT2D eigenvalue weighted by Crippen LogP contribution is -2.29. The van der Waals surface area contributed by atoms with Crippen LogP contribution in [-0.2, 0) is 21.1 Å². The van der Waals surface area contributed by atoms with Crippen LogP contribution >= 0.6 is 11.8 Å². The van der Waals surface area contributed by atoms with E-state index in [-0.39, 0.29) is 11.9 Å². The molecule has 0 aromatic carbocycles. The normalized spacial score (nSPS) is 23.0. The second-order valence-corrected chi connectivity index (χ2v) is 9.91. The Bertz CT molecular complexity index is 635. The average molecular weight is 375 g/mol. The summed E-state index contributed by atoms with van der Waals surface area (Å²) in [6, 6.07) is 0. The van der Waals surface area contributed by atoms with Gasteiger partial charge in [0.05, 0.1) is 18.4 Å². The van der Waals surface area contributed by atoms with Crippen LogP contribution in [0, 0.1) is 0 Å². The van der Waals surface area contributed by atoms with Crippen LogP contribution in [0.3, 0.4) is 0 Å². The van der Waals surface area contributed by atoms with Gasteiger partial charge in [0.15, 0.2) is 5.16 Å². The standard InChI is InChI=1S/C15H26N4O3S2/c1-24(20,21)10-9-23-15-18-17-14(12-4-6-16-7-5-12)19(15)11-13-3-2-8-22-13/h12-13,16H,2-11H2,1H3/t13-/m0/s1. The molecule has 24 heavy (non-hydrogen) atoms. The number of thioether (sulfide) groups is 1. The molecule has 0 unspecified atom stereocenters.